The Bertz CT molecular complexity index is 2360. The number of carbonyl (C=O) groups is 3. The summed E-state index contributed by atoms with van der Waals surface area (Å²) in [4.78, 5) is 62.9. The van der Waals surface area contributed by atoms with Gasteiger partial charge >= 0.3 is 0 Å². The quantitative estimate of drug-likeness (QED) is 0.188. The molecule has 0 spiro atoms. The number of pyridine rings is 1. The van der Waals surface area contributed by atoms with E-state index in [4.69, 9.17) is 26.4 Å². The first kappa shape index (κ1) is 35.3. The highest BCUT2D eigenvalue weighted by molar-refractivity contribution is 6.33. The second kappa shape index (κ2) is 14.3. The number of para-hydroxylation sites is 1. The van der Waals surface area contributed by atoms with Crippen molar-refractivity contribution in [1.82, 2.24) is 34.9 Å². The molecule has 1 unspecified atom stereocenters. The maximum Gasteiger partial charge on any atom is 0.293 e. The molecular weight excluding hydrogens is 712 g/mol. The number of anilines is 4. The van der Waals surface area contributed by atoms with Crippen LogP contribution in [0.1, 0.15) is 37.3 Å². The van der Waals surface area contributed by atoms with E-state index in [9.17, 15) is 19.2 Å². The molecule has 3 N–H and O–H groups in total. The van der Waals surface area contributed by atoms with Crippen LogP contribution in [0.3, 0.4) is 0 Å². The summed E-state index contributed by atoms with van der Waals surface area (Å²) in [5, 5.41) is 15.1. The first-order valence-corrected chi connectivity index (χ1v) is 18.5. The number of likely N-dealkylation sites (N-methyl/N-ethyl adjacent to an activating group) is 1. The van der Waals surface area contributed by atoms with Crippen molar-refractivity contribution in [3.05, 3.63) is 69.7 Å². The number of rotatable bonds is 9. The molecular formula is C38H41ClN10O5. The Morgan fingerprint density at radius 1 is 1.02 bits per heavy atom. The fourth-order valence-corrected chi connectivity index (χ4v) is 8.11. The molecule has 2 aromatic carbocycles. The minimum Gasteiger partial charge on any atom is -0.478 e. The first-order chi connectivity index (χ1) is 26.1. The number of nitrogens with one attached hydrogen (secondary N) is 3. The molecule has 280 valence electrons. The molecule has 3 aliphatic rings. The molecule has 5 aromatic rings. The average molecular weight is 753 g/mol. The van der Waals surface area contributed by atoms with Crippen molar-refractivity contribution in [1.29, 1.82) is 0 Å². The van der Waals surface area contributed by atoms with Gasteiger partial charge in [0.2, 0.25) is 17.8 Å². The fraction of sp³-hybridized carbons (Fsp3) is 0.395. The van der Waals surface area contributed by atoms with Gasteiger partial charge in [0, 0.05) is 70.2 Å². The Kier molecular flexibility index (Phi) is 9.34. The van der Waals surface area contributed by atoms with Crippen LogP contribution < -0.4 is 36.0 Å². The van der Waals surface area contributed by atoms with Gasteiger partial charge in [-0.15, -0.1) is 0 Å². The van der Waals surface area contributed by atoms with Crippen molar-refractivity contribution < 1.29 is 19.1 Å². The number of fused-ring (bicyclic) bond motifs is 2. The molecule has 0 aliphatic carbocycles. The Balaban J connectivity index is 0.907. The Labute approximate surface area is 315 Å². The van der Waals surface area contributed by atoms with Gasteiger partial charge in [0.1, 0.15) is 5.02 Å². The van der Waals surface area contributed by atoms with Crippen molar-refractivity contribution >= 4 is 74.3 Å². The van der Waals surface area contributed by atoms with Crippen LogP contribution in [-0.4, -0.2) is 81.9 Å². The van der Waals surface area contributed by atoms with Crippen molar-refractivity contribution in [3.8, 4) is 5.75 Å². The number of aromatic nitrogens is 5. The third-order valence-electron chi connectivity index (χ3n) is 11.0. The predicted octanol–water partition coefficient (Wildman–Crippen LogP) is 3.61. The Hall–Kier alpha value is -5.70. The maximum absolute atomic E-state index is 12.8. The number of ether oxygens (including phenoxy) is 1. The lowest BCUT2D eigenvalue weighted by Gasteiger charge is -2.47. The van der Waals surface area contributed by atoms with Crippen LogP contribution in [0.25, 0.3) is 21.8 Å². The third kappa shape index (κ3) is 6.57. The molecule has 3 fully saturated rings. The van der Waals surface area contributed by atoms with E-state index in [0.29, 0.717) is 52.7 Å². The van der Waals surface area contributed by atoms with Crippen LogP contribution in [-0.2, 0) is 28.5 Å². The standard InChI is InChI=1S/C38H41ClN10O5/c1-40-32(51)20-54-30-16-22-15-24(7-9-28(22)46(2)37(30)53)42-35-27(39)17-41-38(44-35)48-13-11-21(12-14-48)23-18-49(19-23)29-6-4-5-25-33(45-47(3)34(25)29)26-8-10-31(50)43-36(26)52/h4-7,9,15-17,21,23,26H,8,10-14,18-20H2,1-3H3,(H,40,51)(H,41,42,44)(H,43,50,52). The summed E-state index contributed by atoms with van der Waals surface area (Å²) in [6.45, 7) is 3.31. The molecule has 3 amide bonds. The van der Waals surface area contributed by atoms with Crippen LogP contribution in [0.2, 0.25) is 5.02 Å². The number of nitrogens with zero attached hydrogens (tertiary/aromatic N) is 7. The molecule has 8 rings (SSSR count). The summed E-state index contributed by atoms with van der Waals surface area (Å²) in [6.07, 6.45) is 4.45. The van der Waals surface area contributed by atoms with Gasteiger partial charge in [0.25, 0.3) is 11.5 Å². The number of halogens is 1. The highest BCUT2D eigenvalue weighted by atomic mass is 35.5. The number of hydrogen-bond acceptors (Lipinski definition) is 11. The largest absolute Gasteiger partial charge is 0.478 e. The second-order valence-electron chi connectivity index (χ2n) is 14.3. The highest BCUT2D eigenvalue weighted by Gasteiger charge is 2.38. The zero-order valence-electron chi connectivity index (χ0n) is 30.3. The molecule has 16 heteroatoms. The van der Waals surface area contributed by atoms with Crippen molar-refractivity contribution in [2.45, 2.75) is 31.6 Å². The molecule has 15 nitrogen and oxygen atoms in total. The number of imide groups is 1. The number of aryl methyl sites for hydroxylation is 2. The summed E-state index contributed by atoms with van der Waals surface area (Å²) >= 11 is 6.56. The molecule has 0 bridgehead atoms. The minimum atomic E-state index is -0.430. The van der Waals surface area contributed by atoms with Crippen LogP contribution in [0.5, 0.6) is 5.75 Å². The van der Waals surface area contributed by atoms with Crippen molar-refractivity contribution in [2.24, 2.45) is 25.9 Å². The highest BCUT2D eigenvalue weighted by Crippen LogP contribution is 2.40. The average Bonchev–Trinajstić information content (AvgIpc) is 3.49. The zero-order valence-corrected chi connectivity index (χ0v) is 31.0. The molecule has 3 saturated heterocycles. The first-order valence-electron chi connectivity index (χ1n) is 18.1. The number of piperidine rings is 2. The Morgan fingerprint density at radius 3 is 2.57 bits per heavy atom. The van der Waals surface area contributed by atoms with Gasteiger partial charge in [-0.2, -0.15) is 10.1 Å². The zero-order chi connectivity index (χ0) is 37.7. The van der Waals surface area contributed by atoms with Crippen LogP contribution in [0.4, 0.5) is 23.1 Å². The molecule has 0 saturated carbocycles. The van der Waals surface area contributed by atoms with Gasteiger partial charge < -0.3 is 29.7 Å². The normalized spacial score (nSPS) is 18.2. The predicted molar refractivity (Wildman–Crippen MR) is 206 cm³/mol. The van der Waals surface area contributed by atoms with Gasteiger partial charge in [0.15, 0.2) is 18.2 Å². The van der Waals surface area contributed by atoms with Gasteiger partial charge in [0.05, 0.1) is 34.5 Å². The molecule has 54 heavy (non-hydrogen) atoms. The summed E-state index contributed by atoms with van der Waals surface area (Å²) in [7, 11) is 5.09. The summed E-state index contributed by atoms with van der Waals surface area (Å²) in [6, 6.07) is 13.4. The number of hydrogen-bond donors (Lipinski definition) is 3. The van der Waals surface area contributed by atoms with Crippen LogP contribution in [0.15, 0.2) is 53.5 Å². The van der Waals surface area contributed by atoms with Gasteiger partial charge in [-0.05, 0) is 61.4 Å². The molecule has 0 radical (unpaired) electrons. The molecule has 3 aromatic heterocycles. The lowest BCUT2D eigenvalue weighted by atomic mass is 9.79. The van der Waals surface area contributed by atoms with Crippen LogP contribution in [0, 0.1) is 11.8 Å². The Morgan fingerprint density at radius 2 is 1.81 bits per heavy atom. The summed E-state index contributed by atoms with van der Waals surface area (Å²) in [5.74, 6) is 1.04. The second-order valence-corrected chi connectivity index (χ2v) is 14.7. The van der Waals surface area contributed by atoms with E-state index in [-0.39, 0.29) is 35.6 Å². The van der Waals surface area contributed by atoms with Crippen molar-refractivity contribution in [3.63, 3.8) is 0 Å². The van der Waals surface area contributed by atoms with E-state index in [1.807, 2.05) is 42.1 Å². The smallest absolute Gasteiger partial charge is 0.293 e. The minimum absolute atomic E-state index is 0.0810. The van der Waals surface area contributed by atoms with Gasteiger partial charge in [-0.3, -0.25) is 29.2 Å². The van der Waals surface area contributed by atoms with Crippen molar-refractivity contribution in [2.75, 3.05) is 55.0 Å². The molecule has 3 aliphatic heterocycles. The number of carbonyl (C=O) groups excluding carboxylic acids is 3. The van der Waals surface area contributed by atoms with Gasteiger partial charge in [-0.25, -0.2) is 4.98 Å². The van der Waals surface area contributed by atoms with E-state index in [1.165, 1.54) is 11.6 Å². The maximum atomic E-state index is 12.8. The number of benzene rings is 2. The van der Waals surface area contributed by atoms with E-state index in [2.05, 4.69) is 36.8 Å². The summed E-state index contributed by atoms with van der Waals surface area (Å²) in [5.41, 5.74) is 3.95. The number of amides is 3. The van der Waals surface area contributed by atoms with E-state index in [1.54, 1.807) is 19.3 Å². The third-order valence-corrected chi connectivity index (χ3v) is 11.3. The van der Waals surface area contributed by atoms with Gasteiger partial charge in [-0.1, -0.05) is 23.7 Å². The molecule has 1 atom stereocenters. The van der Waals surface area contributed by atoms with E-state index >= 15 is 0 Å². The van der Waals surface area contributed by atoms with Crippen LogP contribution >= 0.6 is 11.6 Å². The lowest BCUT2D eigenvalue weighted by molar-refractivity contribution is -0.134. The monoisotopic (exact) mass is 752 g/mol. The fourth-order valence-electron chi connectivity index (χ4n) is 7.97. The lowest BCUT2D eigenvalue weighted by Crippen LogP contribution is -2.52. The molecule has 6 heterocycles. The van der Waals surface area contributed by atoms with E-state index in [0.717, 1.165) is 66.7 Å². The SMILES string of the molecule is CNC(=O)COc1cc2cc(Nc3nc(N4CCC(C5CN(c6cccc7c(C8CCC(=O)NC8=O)nn(C)c67)C5)CC4)ncc3Cl)ccc2n(C)c1=O. The summed E-state index contributed by atoms with van der Waals surface area (Å²) < 4.78 is 8.86. The van der Waals surface area contributed by atoms with E-state index < -0.39 is 5.92 Å². The topological polar surface area (TPSA) is 169 Å².